The highest BCUT2D eigenvalue weighted by Gasteiger charge is 2.54. The minimum absolute atomic E-state index is 0.462. The molecule has 0 unspecified atom stereocenters. The molecule has 2 heterocycles. The highest BCUT2D eigenvalue weighted by Crippen LogP contribution is 2.42. The van der Waals surface area contributed by atoms with Crippen LogP contribution in [0.4, 0.5) is 0 Å². The number of nitrogens with zero attached hydrogens (tertiary/aromatic N) is 2. The lowest BCUT2D eigenvalue weighted by Crippen LogP contribution is -2.42. The molecule has 1 fully saturated rings. The van der Waals surface area contributed by atoms with Gasteiger partial charge in [-0.3, -0.25) is 19.3 Å². The molecule has 8 nitrogen and oxygen atoms in total. The van der Waals surface area contributed by atoms with Gasteiger partial charge in [-0.05, 0) is 13.1 Å². The Labute approximate surface area is 114 Å². The minimum Gasteiger partial charge on any atom is -0.391 e. The Hall–Kier alpha value is -1.77. The SMILES string of the molecule is C=N[C@]1(CO)O[C@@H](n2ccc(=O)[nH]c2=O)[C@@H](CC)[C@@H]1O. The van der Waals surface area contributed by atoms with E-state index in [2.05, 4.69) is 16.7 Å². The Bertz CT molecular complexity index is 610. The van der Waals surface area contributed by atoms with Crippen LogP contribution in [-0.2, 0) is 4.74 Å². The van der Waals surface area contributed by atoms with Crippen molar-refractivity contribution >= 4 is 6.72 Å². The molecule has 0 amide bonds. The first-order valence-electron chi connectivity index (χ1n) is 6.25. The van der Waals surface area contributed by atoms with E-state index in [1.807, 2.05) is 6.92 Å². The molecule has 3 N–H and O–H groups in total. The Morgan fingerprint density at radius 3 is 2.80 bits per heavy atom. The zero-order valence-electron chi connectivity index (χ0n) is 11.0. The average Bonchev–Trinajstić information content (AvgIpc) is 2.71. The van der Waals surface area contributed by atoms with Crippen molar-refractivity contribution in [1.82, 2.24) is 9.55 Å². The fourth-order valence-electron chi connectivity index (χ4n) is 2.48. The largest absolute Gasteiger partial charge is 0.391 e. The van der Waals surface area contributed by atoms with Gasteiger partial charge in [0, 0.05) is 18.2 Å². The van der Waals surface area contributed by atoms with Gasteiger partial charge in [-0.2, -0.15) is 0 Å². The van der Waals surface area contributed by atoms with E-state index in [0.717, 1.165) is 0 Å². The van der Waals surface area contributed by atoms with Crippen LogP contribution >= 0.6 is 0 Å². The van der Waals surface area contributed by atoms with Crippen molar-refractivity contribution in [2.75, 3.05) is 6.61 Å². The van der Waals surface area contributed by atoms with Gasteiger partial charge in [0.05, 0.1) is 6.61 Å². The number of H-pyrrole nitrogens is 1. The summed E-state index contributed by atoms with van der Waals surface area (Å²) in [5.74, 6) is -0.462. The van der Waals surface area contributed by atoms with Gasteiger partial charge in [0.1, 0.15) is 12.3 Å². The van der Waals surface area contributed by atoms with Crippen LogP contribution in [0.1, 0.15) is 19.6 Å². The van der Waals surface area contributed by atoms with Gasteiger partial charge in [-0.15, -0.1) is 0 Å². The number of nitrogens with one attached hydrogen (secondary N) is 1. The first-order valence-corrected chi connectivity index (χ1v) is 6.25. The van der Waals surface area contributed by atoms with Crippen LogP contribution in [0.3, 0.4) is 0 Å². The average molecular weight is 283 g/mol. The predicted molar refractivity (Wildman–Crippen MR) is 70.6 cm³/mol. The van der Waals surface area contributed by atoms with Crippen LogP contribution in [0.2, 0.25) is 0 Å². The monoisotopic (exact) mass is 283 g/mol. The predicted octanol–water partition coefficient (Wildman–Crippen LogP) is -1.16. The molecular weight excluding hydrogens is 266 g/mol. The molecule has 4 atom stereocenters. The number of hydrogen-bond acceptors (Lipinski definition) is 6. The van der Waals surface area contributed by atoms with Gasteiger partial charge < -0.3 is 14.9 Å². The maximum atomic E-state index is 11.8. The smallest absolute Gasteiger partial charge is 0.330 e. The number of ether oxygens (including phenoxy) is 1. The van der Waals surface area contributed by atoms with Crippen molar-refractivity contribution in [2.45, 2.75) is 31.4 Å². The number of rotatable bonds is 4. The van der Waals surface area contributed by atoms with E-state index in [4.69, 9.17) is 4.74 Å². The second-order valence-corrected chi connectivity index (χ2v) is 4.70. The normalized spacial score (nSPS) is 33.2. The van der Waals surface area contributed by atoms with E-state index in [1.165, 1.54) is 16.8 Å². The lowest BCUT2D eigenvalue weighted by Gasteiger charge is -2.25. The van der Waals surface area contributed by atoms with Crippen LogP contribution in [0.15, 0.2) is 26.8 Å². The van der Waals surface area contributed by atoms with Gasteiger partial charge >= 0.3 is 5.69 Å². The fraction of sp³-hybridized carbons (Fsp3) is 0.583. The molecule has 0 saturated carbocycles. The van der Waals surface area contributed by atoms with Crippen molar-refractivity contribution in [3.8, 4) is 0 Å². The number of hydrogen-bond donors (Lipinski definition) is 3. The molecule has 20 heavy (non-hydrogen) atoms. The molecular formula is C12H17N3O5. The van der Waals surface area contributed by atoms with E-state index < -0.39 is 41.8 Å². The molecule has 0 spiro atoms. The van der Waals surface area contributed by atoms with Crippen LogP contribution in [0.5, 0.6) is 0 Å². The van der Waals surface area contributed by atoms with E-state index in [1.54, 1.807) is 0 Å². The van der Waals surface area contributed by atoms with Gasteiger partial charge in [0.25, 0.3) is 5.56 Å². The van der Waals surface area contributed by atoms with E-state index in [0.29, 0.717) is 6.42 Å². The maximum Gasteiger partial charge on any atom is 0.330 e. The highest BCUT2D eigenvalue weighted by atomic mass is 16.6. The Balaban J connectivity index is 2.48. The van der Waals surface area contributed by atoms with E-state index >= 15 is 0 Å². The third-order valence-corrected chi connectivity index (χ3v) is 3.65. The van der Waals surface area contributed by atoms with Crippen LogP contribution < -0.4 is 11.2 Å². The first kappa shape index (κ1) is 14.6. The molecule has 0 radical (unpaired) electrons. The molecule has 0 aromatic carbocycles. The number of aromatic nitrogens is 2. The number of aromatic amines is 1. The minimum atomic E-state index is -1.55. The zero-order chi connectivity index (χ0) is 14.9. The van der Waals surface area contributed by atoms with Crippen LogP contribution in [0, 0.1) is 5.92 Å². The lowest BCUT2D eigenvalue weighted by atomic mass is 9.94. The van der Waals surface area contributed by atoms with Gasteiger partial charge in [-0.25, -0.2) is 4.79 Å². The second kappa shape index (κ2) is 5.31. The molecule has 2 rings (SSSR count). The van der Waals surface area contributed by atoms with E-state index in [-0.39, 0.29) is 0 Å². The topological polar surface area (TPSA) is 117 Å². The van der Waals surface area contributed by atoms with Crippen LogP contribution in [0.25, 0.3) is 0 Å². The first-order chi connectivity index (χ1) is 9.49. The van der Waals surface area contributed by atoms with Gasteiger partial charge in [-0.1, -0.05) is 6.92 Å². The zero-order valence-corrected chi connectivity index (χ0v) is 11.0. The van der Waals surface area contributed by atoms with Crippen LogP contribution in [-0.4, -0.2) is 44.9 Å². The van der Waals surface area contributed by atoms with Gasteiger partial charge in [0.2, 0.25) is 5.72 Å². The molecule has 110 valence electrons. The third kappa shape index (κ3) is 2.11. The number of aliphatic hydroxyl groups is 2. The molecule has 1 aromatic heterocycles. The summed E-state index contributed by atoms with van der Waals surface area (Å²) in [4.78, 5) is 28.7. The summed E-state index contributed by atoms with van der Waals surface area (Å²) in [6.45, 7) is 4.59. The Morgan fingerprint density at radius 2 is 2.30 bits per heavy atom. The molecule has 0 bridgehead atoms. The summed E-state index contributed by atoms with van der Waals surface area (Å²) in [6, 6.07) is 1.18. The summed E-state index contributed by atoms with van der Waals surface area (Å²) in [5, 5.41) is 19.7. The Morgan fingerprint density at radius 1 is 1.60 bits per heavy atom. The second-order valence-electron chi connectivity index (χ2n) is 4.70. The van der Waals surface area contributed by atoms with Crippen molar-refractivity contribution in [3.63, 3.8) is 0 Å². The molecule has 1 saturated heterocycles. The summed E-state index contributed by atoms with van der Waals surface area (Å²) in [5.41, 5.74) is -2.72. The van der Waals surface area contributed by atoms with Crippen molar-refractivity contribution in [2.24, 2.45) is 10.9 Å². The highest BCUT2D eigenvalue weighted by molar-refractivity contribution is 5.26. The molecule has 1 aliphatic rings. The standard InChI is InChI=1S/C12H17N3O5/c1-3-7-9(18)12(6-16,13-2)20-10(7)15-5-4-8(17)14-11(15)19/h4-5,7,9-10,16,18H,2-3,6H2,1H3,(H,14,17,19)/t7-,9-,10+,12+/m0/s1. The number of aliphatic imine (C=N–C) groups is 1. The molecule has 1 aromatic rings. The van der Waals surface area contributed by atoms with Crippen molar-refractivity contribution in [1.29, 1.82) is 0 Å². The summed E-state index contributed by atoms with van der Waals surface area (Å²) in [7, 11) is 0. The number of aliphatic hydroxyl groups excluding tert-OH is 2. The Kier molecular flexibility index (Phi) is 3.89. The summed E-state index contributed by atoms with van der Waals surface area (Å²) < 4.78 is 6.75. The fourth-order valence-corrected chi connectivity index (χ4v) is 2.48. The molecule has 8 heteroatoms. The van der Waals surface area contributed by atoms with Crippen molar-refractivity contribution in [3.05, 3.63) is 33.1 Å². The summed E-state index contributed by atoms with van der Waals surface area (Å²) >= 11 is 0. The third-order valence-electron chi connectivity index (χ3n) is 3.65. The van der Waals surface area contributed by atoms with Crippen molar-refractivity contribution < 1.29 is 14.9 Å². The summed E-state index contributed by atoms with van der Waals surface area (Å²) in [6.07, 6.45) is -0.150. The maximum absolute atomic E-state index is 11.8. The molecule has 0 aliphatic carbocycles. The quantitative estimate of drug-likeness (QED) is 0.603. The van der Waals surface area contributed by atoms with E-state index in [9.17, 15) is 19.8 Å². The lowest BCUT2D eigenvalue weighted by molar-refractivity contribution is -0.122. The van der Waals surface area contributed by atoms with Gasteiger partial charge in [0.15, 0.2) is 0 Å². The molecule has 1 aliphatic heterocycles.